The van der Waals surface area contributed by atoms with Crippen LogP contribution in [0, 0.1) is 0 Å². The summed E-state index contributed by atoms with van der Waals surface area (Å²) in [5.41, 5.74) is 4.44. The van der Waals surface area contributed by atoms with Gasteiger partial charge in [0.25, 0.3) is 0 Å². The van der Waals surface area contributed by atoms with Crippen LogP contribution in [0.2, 0.25) is 0 Å². The SMILES string of the molecule is CCOc1ccc(CC(=O)Nc2sc3c(c2-c2nc4ccccc4s2)CCN(CC)C3)cc1.Cl. The second-order valence-corrected chi connectivity index (χ2v) is 10.3. The number of hydrogen-bond acceptors (Lipinski definition) is 6. The van der Waals surface area contributed by atoms with Crippen LogP contribution in [0.25, 0.3) is 20.8 Å². The Balaban J connectivity index is 0.00000274. The highest BCUT2D eigenvalue weighted by atomic mass is 35.5. The van der Waals surface area contributed by atoms with E-state index in [4.69, 9.17) is 9.72 Å². The van der Waals surface area contributed by atoms with Crippen molar-refractivity contribution in [2.75, 3.05) is 25.0 Å². The third-order valence-electron chi connectivity index (χ3n) is 5.94. The Morgan fingerprint density at radius 3 is 2.65 bits per heavy atom. The zero-order chi connectivity index (χ0) is 22.8. The van der Waals surface area contributed by atoms with E-state index >= 15 is 0 Å². The highest BCUT2D eigenvalue weighted by Gasteiger charge is 2.27. The average Bonchev–Trinajstić information content (AvgIpc) is 3.40. The van der Waals surface area contributed by atoms with E-state index in [9.17, 15) is 4.79 Å². The molecule has 5 nitrogen and oxygen atoms in total. The van der Waals surface area contributed by atoms with Crippen molar-refractivity contribution in [2.45, 2.75) is 33.2 Å². The van der Waals surface area contributed by atoms with Gasteiger partial charge in [-0.05, 0) is 55.3 Å². The number of nitrogens with zero attached hydrogens (tertiary/aromatic N) is 2. The number of benzene rings is 2. The molecule has 8 heteroatoms. The van der Waals surface area contributed by atoms with E-state index in [-0.39, 0.29) is 18.3 Å². The number of thiophene rings is 1. The first-order valence-corrected chi connectivity index (χ1v) is 13.0. The normalized spacial score (nSPS) is 13.4. The molecule has 4 aromatic rings. The number of amides is 1. The van der Waals surface area contributed by atoms with Gasteiger partial charge in [-0.1, -0.05) is 31.2 Å². The molecule has 0 radical (unpaired) electrons. The summed E-state index contributed by atoms with van der Waals surface area (Å²) in [7, 11) is 0. The van der Waals surface area contributed by atoms with E-state index in [2.05, 4.69) is 29.3 Å². The molecule has 0 aliphatic carbocycles. The third-order valence-corrected chi connectivity index (χ3v) is 8.13. The number of carbonyl (C=O) groups excluding carboxylic acids is 1. The molecule has 0 unspecified atom stereocenters. The number of likely N-dealkylation sites (N-methyl/N-ethyl adjacent to an activating group) is 1. The van der Waals surface area contributed by atoms with Gasteiger partial charge in [-0.25, -0.2) is 4.98 Å². The van der Waals surface area contributed by atoms with E-state index in [0.29, 0.717) is 13.0 Å². The second kappa shape index (κ2) is 10.9. The van der Waals surface area contributed by atoms with Crippen LogP contribution < -0.4 is 10.1 Å². The zero-order valence-corrected chi connectivity index (χ0v) is 21.7. The van der Waals surface area contributed by atoms with Crippen molar-refractivity contribution in [1.29, 1.82) is 0 Å². The molecule has 0 fully saturated rings. The Morgan fingerprint density at radius 2 is 1.91 bits per heavy atom. The maximum atomic E-state index is 13.0. The molecule has 0 saturated heterocycles. The Kier molecular flexibility index (Phi) is 7.88. The first kappa shape index (κ1) is 24.7. The van der Waals surface area contributed by atoms with E-state index in [1.807, 2.05) is 43.3 Å². The summed E-state index contributed by atoms with van der Waals surface area (Å²) in [5, 5.41) is 5.15. The van der Waals surface area contributed by atoms with Crippen molar-refractivity contribution in [3.05, 3.63) is 64.5 Å². The molecule has 1 amide bonds. The Labute approximate surface area is 214 Å². The number of aromatic nitrogens is 1. The fourth-order valence-corrected chi connectivity index (χ4v) is 6.66. The number of para-hydroxylation sites is 1. The monoisotopic (exact) mass is 513 g/mol. The summed E-state index contributed by atoms with van der Waals surface area (Å²) < 4.78 is 6.68. The number of nitrogens with one attached hydrogen (secondary N) is 1. The van der Waals surface area contributed by atoms with Crippen LogP contribution >= 0.6 is 35.1 Å². The topological polar surface area (TPSA) is 54.5 Å². The van der Waals surface area contributed by atoms with Crippen LogP contribution in [-0.2, 0) is 24.2 Å². The smallest absolute Gasteiger partial charge is 0.229 e. The average molecular weight is 514 g/mol. The molecular formula is C26H28ClN3O2S2. The first-order valence-electron chi connectivity index (χ1n) is 11.4. The van der Waals surface area contributed by atoms with Crippen LogP contribution in [0.5, 0.6) is 5.75 Å². The Hall–Kier alpha value is -2.45. The van der Waals surface area contributed by atoms with Crippen LogP contribution in [0.15, 0.2) is 48.5 Å². The molecule has 0 atom stereocenters. The maximum absolute atomic E-state index is 13.0. The van der Waals surface area contributed by atoms with Crippen LogP contribution in [0.1, 0.15) is 29.9 Å². The van der Waals surface area contributed by atoms with Gasteiger partial charge < -0.3 is 10.1 Å². The molecule has 0 saturated carbocycles. The zero-order valence-electron chi connectivity index (χ0n) is 19.3. The molecule has 178 valence electrons. The number of ether oxygens (including phenoxy) is 1. The number of rotatable bonds is 7. The molecule has 1 aliphatic rings. The predicted octanol–water partition coefficient (Wildman–Crippen LogP) is 6.40. The number of carbonyl (C=O) groups is 1. The summed E-state index contributed by atoms with van der Waals surface area (Å²) in [4.78, 5) is 21.7. The van der Waals surface area contributed by atoms with Crippen LogP contribution in [-0.4, -0.2) is 35.5 Å². The van der Waals surface area contributed by atoms with Gasteiger partial charge in [-0.2, -0.15) is 0 Å². The largest absolute Gasteiger partial charge is 0.494 e. The van der Waals surface area contributed by atoms with Crippen molar-refractivity contribution in [1.82, 2.24) is 9.88 Å². The summed E-state index contributed by atoms with van der Waals surface area (Å²) in [6.07, 6.45) is 1.31. The van der Waals surface area contributed by atoms with Crippen molar-refractivity contribution < 1.29 is 9.53 Å². The molecule has 3 heterocycles. The number of fused-ring (bicyclic) bond motifs is 2. The lowest BCUT2D eigenvalue weighted by Gasteiger charge is -2.25. The quantitative estimate of drug-likeness (QED) is 0.310. The number of hydrogen-bond donors (Lipinski definition) is 1. The Morgan fingerprint density at radius 1 is 1.12 bits per heavy atom. The first-order chi connectivity index (χ1) is 16.1. The van der Waals surface area contributed by atoms with Gasteiger partial charge in [-0.15, -0.1) is 35.1 Å². The molecule has 1 aliphatic heterocycles. The summed E-state index contributed by atoms with van der Waals surface area (Å²) in [6, 6.07) is 16.0. The molecular weight excluding hydrogens is 486 g/mol. The van der Waals surface area contributed by atoms with Crippen LogP contribution in [0.3, 0.4) is 0 Å². The van der Waals surface area contributed by atoms with Gasteiger partial charge in [0.15, 0.2) is 0 Å². The molecule has 0 spiro atoms. The lowest BCUT2D eigenvalue weighted by Crippen LogP contribution is -2.29. The van der Waals surface area contributed by atoms with Gasteiger partial charge in [0.05, 0.1) is 23.2 Å². The predicted molar refractivity (Wildman–Crippen MR) is 145 cm³/mol. The van der Waals surface area contributed by atoms with E-state index in [1.54, 1.807) is 22.7 Å². The molecule has 34 heavy (non-hydrogen) atoms. The lowest BCUT2D eigenvalue weighted by atomic mass is 10.0. The summed E-state index contributed by atoms with van der Waals surface area (Å²) in [5.74, 6) is 0.818. The summed E-state index contributed by atoms with van der Waals surface area (Å²) in [6.45, 7) is 7.80. The van der Waals surface area contributed by atoms with Gasteiger partial charge in [-0.3, -0.25) is 9.69 Å². The molecule has 5 rings (SSSR count). The highest BCUT2D eigenvalue weighted by Crippen LogP contribution is 2.45. The maximum Gasteiger partial charge on any atom is 0.229 e. The van der Waals surface area contributed by atoms with E-state index < -0.39 is 0 Å². The van der Waals surface area contributed by atoms with E-state index in [0.717, 1.165) is 58.5 Å². The molecule has 2 aromatic heterocycles. The van der Waals surface area contributed by atoms with Crippen molar-refractivity contribution in [3.63, 3.8) is 0 Å². The minimum absolute atomic E-state index is 0. The molecule has 2 aromatic carbocycles. The van der Waals surface area contributed by atoms with Crippen molar-refractivity contribution >= 4 is 56.2 Å². The van der Waals surface area contributed by atoms with E-state index in [1.165, 1.54) is 15.1 Å². The van der Waals surface area contributed by atoms with Crippen molar-refractivity contribution in [2.24, 2.45) is 0 Å². The molecule has 1 N–H and O–H groups in total. The number of thiazole rings is 1. The van der Waals surface area contributed by atoms with Gasteiger partial charge in [0.1, 0.15) is 15.8 Å². The summed E-state index contributed by atoms with van der Waals surface area (Å²) >= 11 is 3.41. The second-order valence-electron chi connectivity index (χ2n) is 8.12. The fraction of sp³-hybridized carbons (Fsp3) is 0.308. The van der Waals surface area contributed by atoms with Gasteiger partial charge >= 0.3 is 0 Å². The Bertz CT molecular complexity index is 1250. The lowest BCUT2D eigenvalue weighted by molar-refractivity contribution is -0.115. The minimum Gasteiger partial charge on any atom is -0.494 e. The number of anilines is 1. The van der Waals surface area contributed by atoms with Gasteiger partial charge in [0, 0.05) is 23.5 Å². The minimum atomic E-state index is -0.00698. The number of halogens is 1. The van der Waals surface area contributed by atoms with Gasteiger partial charge in [0.2, 0.25) is 5.91 Å². The van der Waals surface area contributed by atoms with Crippen LogP contribution in [0.4, 0.5) is 5.00 Å². The highest BCUT2D eigenvalue weighted by molar-refractivity contribution is 7.22. The standard InChI is InChI=1S/C26H27N3O2S2.ClH/c1-3-29-14-13-19-22(16-29)33-26(24(19)25-27-20-7-5-6-8-21(20)32-25)28-23(30)15-17-9-11-18(12-10-17)31-4-2;/h5-12H,3-4,13-16H2,1-2H3,(H,28,30);1H. The fourth-order valence-electron chi connectivity index (χ4n) is 4.25. The third kappa shape index (κ3) is 5.13. The molecule has 0 bridgehead atoms. The van der Waals surface area contributed by atoms with Crippen molar-refractivity contribution in [3.8, 4) is 16.3 Å².